The highest BCUT2D eigenvalue weighted by Gasteiger charge is 2.32. The molecule has 2 heterocycles. The number of amides is 1. The van der Waals surface area contributed by atoms with Crippen LogP contribution >= 0.6 is 11.6 Å². The Morgan fingerprint density at radius 2 is 2.53 bits per heavy atom. The molecule has 0 spiro atoms. The van der Waals surface area contributed by atoms with E-state index in [1.165, 1.54) is 4.90 Å². The van der Waals surface area contributed by atoms with Gasteiger partial charge in [-0.1, -0.05) is 11.6 Å². The zero-order valence-corrected chi connectivity index (χ0v) is 10.1. The second-order valence-electron chi connectivity index (χ2n) is 3.87. The van der Waals surface area contributed by atoms with Gasteiger partial charge in [-0.3, -0.25) is 9.48 Å². The number of carbonyl (C=O) groups excluding carboxylic acids is 1. The van der Waals surface area contributed by atoms with Crippen LogP contribution in [0.1, 0.15) is 11.6 Å². The summed E-state index contributed by atoms with van der Waals surface area (Å²) in [7, 11) is 1.78. The first-order chi connectivity index (χ1) is 8.09. The molecule has 1 aromatic rings. The van der Waals surface area contributed by atoms with Gasteiger partial charge in [-0.05, 0) is 0 Å². The number of hydrogen-bond donors (Lipinski definition) is 0. The van der Waals surface area contributed by atoms with E-state index in [0.717, 1.165) is 5.56 Å². The highest BCUT2D eigenvalue weighted by Crippen LogP contribution is 2.25. The van der Waals surface area contributed by atoms with Gasteiger partial charge in [0.15, 0.2) is 0 Å². The second-order valence-corrected chi connectivity index (χ2v) is 4.25. The first kappa shape index (κ1) is 12.3. The van der Waals surface area contributed by atoms with E-state index in [4.69, 9.17) is 16.3 Å². The summed E-state index contributed by atoms with van der Waals surface area (Å²) in [5.41, 5.74) is -1.19. The van der Waals surface area contributed by atoms with Crippen molar-refractivity contribution in [1.82, 2.24) is 14.7 Å². The third-order valence-corrected chi connectivity index (χ3v) is 2.89. The lowest BCUT2D eigenvalue weighted by atomic mass is 10.1. The molecule has 5 nitrogen and oxygen atoms in total. The third-order valence-electron chi connectivity index (χ3n) is 2.71. The summed E-state index contributed by atoms with van der Waals surface area (Å²) in [5, 5.41) is 4.03. The van der Waals surface area contributed by atoms with Gasteiger partial charge in [-0.2, -0.15) is 5.10 Å². The van der Waals surface area contributed by atoms with Gasteiger partial charge in [-0.15, -0.1) is 0 Å². The van der Waals surface area contributed by atoms with E-state index in [1.54, 1.807) is 24.1 Å². The van der Waals surface area contributed by atoms with Crippen LogP contribution in [0.4, 0.5) is 4.39 Å². The van der Waals surface area contributed by atoms with Crippen molar-refractivity contribution in [2.45, 2.75) is 11.7 Å². The van der Waals surface area contributed by atoms with Gasteiger partial charge >= 0.3 is 0 Å². The number of rotatable bonds is 2. The summed E-state index contributed by atoms with van der Waals surface area (Å²) in [6.07, 6.45) is 3.42. The summed E-state index contributed by atoms with van der Waals surface area (Å²) < 4.78 is 19.8. The number of morpholine rings is 1. The first-order valence-electron chi connectivity index (χ1n) is 5.24. The maximum atomic E-state index is 12.9. The number of halogens is 2. The van der Waals surface area contributed by atoms with E-state index < -0.39 is 11.5 Å². The highest BCUT2D eigenvalue weighted by atomic mass is 35.5. The van der Waals surface area contributed by atoms with Gasteiger partial charge < -0.3 is 9.64 Å². The van der Waals surface area contributed by atoms with Gasteiger partial charge in [0, 0.05) is 25.4 Å². The van der Waals surface area contributed by atoms with Crippen LogP contribution < -0.4 is 0 Å². The molecular weight excluding hydrogens is 249 g/mol. The molecule has 2 rings (SSSR count). The van der Waals surface area contributed by atoms with Crippen LogP contribution in [0.5, 0.6) is 0 Å². The molecule has 2 atom stereocenters. The average molecular weight is 262 g/mol. The lowest BCUT2D eigenvalue weighted by Gasteiger charge is -2.35. The van der Waals surface area contributed by atoms with Crippen molar-refractivity contribution in [3.05, 3.63) is 18.0 Å². The summed E-state index contributed by atoms with van der Waals surface area (Å²) in [4.78, 5) is 13.0. The number of carbonyl (C=O) groups is 1. The van der Waals surface area contributed by atoms with Gasteiger partial charge in [-0.25, -0.2) is 4.39 Å². The maximum Gasteiger partial charge on any atom is 0.273 e. The molecule has 1 amide bonds. The molecule has 1 fully saturated rings. The molecule has 1 aliphatic heterocycles. The SMILES string of the molecule is Cn1cc(C2COCCN2C(=O)C(F)Cl)cn1. The van der Waals surface area contributed by atoms with Crippen LogP contribution in [0.3, 0.4) is 0 Å². The largest absolute Gasteiger partial charge is 0.377 e. The Labute approximate surface area is 103 Å². The van der Waals surface area contributed by atoms with E-state index in [0.29, 0.717) is 19.8 Å². The Morgan fingerprint density at radius 3 is 3.12 bits per heavy atom. The number of aromatic nitrogens is 2. The van der Waals surface area contributed by atoms with Gasteiger partial charge in [0.1, 0.15) is 0 Å². The highest BCUT2D eigenvalue weighted by molar-refractivity contribution is 6.29. The minimum absolute atomic E-state index is 0.318. The molecule has 0 bridgehead atoms. The fourth-order valence-electron chi connectivity index (χ4n) is 1.88. The van der Waals surface area contributed by atoms with Crippen molar-refractivity contribution in [3.8, 4) is 0 Å². The molecule has 0 radical (unpaired) electrons. The predicted molar refractivity (Wildman–Crippen MR) is 59.2 cm³/mol. The second kappa shape index (κ2) is 5.01. The number of alkyl halides is 2. The fourth-order valence-corrected chi connectivity index (χ4v) is 2.01. The molecule has 17 heavy (non-hydrogen) atoms. The van der Waals surface area contributed by atoms with Crippen molar-refractivity contribution in [3.63, 3.8) is 0 Å². The van der Waals surface area contributed by atoms with Crippen LogP contribution in [0.15, 0.2) is 12.4 Å². The van der Waals surface area contributed by atoms with Crippen molar-refractivity contribution in [2.24, 2.45) is 7.05 Å². The smallest absolute Gasteiger partial charge is 0.273 e. The Bertz CT molecular complexity index is 410. The summed E-state index contributed by atoms with van der Waals surface area (Å²) >= 11 is 5.20. The van der Waals surface area contributed by atoms with E-state index in [-0.39, 0.29) is 6.04 Å². The monoisotopic (exact) mass is 261 g/mol. The Morgan fingerprint density at radius 1 is 1.76 bits per heavy atom. The van der Waals surface area contributed by atoms with E-state index >= 15 is 0 Å². The van der Waals surface area contributed by atoms with Crippen LogP contribution in [0.25, 0.3) is 0 Å². The molecule has 0 saturated carbocycles. The third kappa shape index (κ3) is 2.58. The molecule has 94 valence electrons. The van der Waals surface area contributed by atoms with Crippen LogP contribution in [-0.2, 0) is 16.6 Å². The maximum absolute atomic E-state index is 12.9. The molecule has 2 unspecified atom stereocenters. The van der Waals surface area contributed by atoms with Crippen molar-refractivity contribution >= 4 is 17.5 Å². The number of nitrogens with zero attached hydrogens (tertiary/aromatic N) is 3. The molecule has 1 saturated heterocycles. The molecule has 1 aromatic heterocycles. The topological polar surface area (TPSA) is 47.4 Å². The van der Waals surface area contributed by atoms with Gasteiger partial charge in [0.2, 0.25) is 0 Å². The Balaban J connectivity index is 2.20. The van der Waals surface area contributed by atoms with Crippen molar-refractivity contribution in [1.29, 1.82) is 0 Å². The first-order valence-corrected chi connectivity index (χ1v) is 5.68. The van der Waals surface area contributed by atoms with E-state index in [9.17, 15) is 9.18 Å². The lowest BCUT2D eigenvalue weighted by molar-refractivity contribution is -0.142. The molecule has 0 aliphatic carbocycles. The van der Waals surface area contributed by atoms with Gasteiger partial charge in [0.05, 0.1) is 25.5 Å². The Kier molecular flexibility index (Phi) is 3.63. The zero-order chi connectivity index (χ0) is 12.4. The minimum Gasteiger partial charge on any atom is -0.377 e. The predicted octanol–water partition coefficient (Wildman–Crippen LogP) is 0.854. The average Bonchev–Trinajstić information content (AvgIpc) is 2.74. The van der Waals surface area contributed by atoms with Crippen LogP contribution in [-0.4, -0.2) is 46.0 Å². The Hall–Kier alpha value is -1.14. The summed E-state index contributed by atoms with van der Waals surface area (Å²) in [6, 6.07) is -0.318. The molecular formula is C10H13ClFN3O2. The van der Waals surface area contributed by atoms with Crippen LogP contribution in [0.2, 0.25) is 0 Å². The quantitative estimate of drug-likeness (QED) is 0.742. The molecule has 1 aliphatic rings. The summed E-state index contributed by atoms with van der Waals surface area (Å²) in [5.74, 6) is -0.719. The standard InChI is InChI=1S/C10H13ClFN3O2/c1-14-5-7(4-13-14)8-6-17-3-2-15(8)10(16)9(11)12/h4-5,8-9H,2-3,6H2,1H3. The number of hydrogen-bond acceptors (Lipinski definition) is 3. The fraction of sp³-hybridized carbons (Fsp3) is 0.600. The number of aryl methyl sites for hydroxylation is 1. The number of ether oxygens (including phenoxy) is 1. The zero-order valence-electron chi connectivity index (χ0n) is 9.34. The van der Waals surface area contributed by atoms with Gasteiger partial charge in [0.25, 0.3) is 11.5 Å². The van der Waals surface area contributed by atoms with E-state index in [2.05, 4.69) is 5.10 Å². The van der Waals surface area contributed by atoms with E-state index in [1.807, 2.05) is 0 Å². The van der Waals surface area contributed by atoms with Crippen molar-refractivity contribution < 1.29 is 13.9 Å². The molecule has 0 N–H and O–H groups in total. The van der Waals surface area contributed by atoms with Crippen LogP contribution in [0, 0.1) is 0 Å². The molecule has 0 aromatic carbocycles. The lowest BCUT2D eigenvalue weighted by Crippen LogP contribution is -2.45. The minimum atomic E-state index is -2.01. The van der Waals surface area contributed by atoms with Crippen molar-refractivity contribution in [2.75, 3.05) is 19.8 Å². The summed E-state index contributed by atoms with van der Waals surface area (Å²) in [6.45, 7) is 1.07. The normalized spacial score (nSPS) is 22.5. The molecule has 7 heteroatoms.